The molecule has 2 N–H and O–H groups in total. The molecule has 2 aliphatic rings. The van der Waals surface area contributed by atoms with Crippen LogP contribution in [0.2, 0.25) is 5.02 Å². The Morgan fingerprint density at radius 1 is 1.12 bits per heavy atom. The van der Waals surface area contributed by atoms with Gasteiger partial charge in [-0.1, -0.05) is 62.9 Å². The number of rotatable bonds is 6. The minimum atomic E-state index is -0.790. The number of carbonyl (C=O) groups is 2. The van der Waals surface area contributed by atoms with E-state index >= 15 is 0 Å². The second-order valence-electron chi connectivity index (χ2n) is 9.44. The smallest absolute Gasteiger partial charge is 0.295 e. The van der Waals surface area contributed by atoms with Gasteiger partial charge in [0.05, 0.1) is 23.2 Å². The quantitative estimate of drug-likeness (QED) is 0.306. The largest absolute Gasteiger partial charge is 0.507 e. The molecule has 1 amide bonds. The lowest BCUT2D eigenvalue weighted by Crippen LogP contribution is -2.40. The number of phenols is 1. The molecule has 0 radical (unpaired) electrons. The molecule has 0 spiro atoms. The summed E-state index contributed by atoms with van der Waals surface area (Å²) in [6.07, 6.45) is 4.65. The van der Waals surface area contributed by atoms with Crippen molar-refractivity contribution in [1.29, 1.82) is 0 Å². The zero-order valence-corrected chi connectivity index (χ0v) is 20.2. The number of aromatic hydroxyl groups is 1. The highest BCUT2D eigenvalue weighted by molar-refractivity contribution is 6.46. The van der Waals surface area contributed by atoms with Crippen molar-refractivity contribution >= 4 is 29.1 Å². The molecule has 0 bridgehead atoms. The predicted molar refractivity (Wildman–Crippen MR) is 131 cm³/mol. The zero-order chi connectivity index (χ0) is 24.4. The molecule has 1 saturated carbocycles. The maximum atomic E-state index is 13.3. The van der Waals surface area contributed by atoms with Gasteiger partial charge in [-0.05, 0) is 48.6 Å². The van der Waals surface area contributed by atoms with Gasteiger partial charge in [0.15, 0.2) is 0 Å². The number of aliphatic hydroxyl groups excluding tert-OH is 1. The van der Waals surface area contributed by atoms with Gasteiger partial charge in [-0.3, -0.25) is 9.59 Å². The normalized spacial score (nSPS) is 20.8. The van der Waals surface area contributed by atoms with Gasteiger partial charge in [0.1, 0.15) is 17.3 Å². The lowest BCUT2D eigenvalue weighted by atomic mass is 9.91. The van der Waals surface area contributed by atoms with E-state index in [1.807, 2.05) is 13.8 Å². The average Bonchev–Trinajstić information content (AvgIpc) is 3.10. The molecule has 34 heavy (non-hydrogen) atoms. The van der Waals surface area contributed by atoms with Gasteiger partial charge in [-0.15, -0.1) is 0 Å². The molecule has 2 aromatic carbocycles. The number of phenolic OH excluding ortho intramolecular Hbond substituents is 1. The number of ketones is 1. The standard InChI is InChI=1S/C27H30ClNO5/c1-16(2)15-34-20-10-6-7-18(13-20)25(31)23-24(17-11-12-22(30)21(28)14-17)29(27(33)26(23)32)19-8-4-3-5-9-19/h6-7,10-14,16,19,24,30-31H,3-5,8-9,15H2,1-2H3/b25-23-. The van der Waals surface area contributed by atoms with Crippen LogP contribution in [0.25, 0.3) is 5.76 Å². The molecule has 1 saturated heterocycles. The Hall–Kier alpha value is -2.99. The van der Waals surface area contributed by atoms with Crippen LogP contribution < -0.4 is 4.74 Å². The summed E-state index contributed by atoms with van der Waals surface area (Å²) in [5.41, 5.74) is 0.998. The summed E-state index contributed by atoms with van der Waals surface area (Å²) in [4.78, 5) is 28.1. The van der Waals surface area contributed by atoms with E-state index in [0.29, 0.717) is 29.4 Å². The fraction of sp³-hybridized carbons (Fsp3) is 0.407. The first-order valence-corrected chi connectivity index (χ1v) is 12.2. The Bertz CT molecular complexity index is 1120. The lowest BCUT2D eigenvalue weighted by molar-refractivity contribution is -0.141. The molecule has 4 rings (SSSR count). The van der Waals surface area contributed by atoms with Crippen LogP contribution in [0, 0.1) is 5.92 Å². The number of halogens is 1. The molecule has 1 unspecified atom stereocenters. The van der Waals surface area contributed by atoms with E-state index in [4.69, 9.17) is 16.3 Å². The van der Waals surface area contributed by atoms with Gasteiger partial charge >= 0.3 is 0 Å². The Balaban J connectivity index is 1.82. The average molecular weight is 484 g/mol. The fourth-order valence-corrected chi connectivity index (χ4v) is 4.95. The van der Waals surface area contributed by atoms with Gasteiger partial charge in [0.25, 0.3) is 11.7 Å². The Morgan fingerprint density at radius 2 is 1.85 bits per heavy atom. The van der Waals surface area contributed by atoms with Crippen molar-refractivity contribution in [3.63, 3.8) is 0 Å². The molecule has 6 nitrogen and oxygen atoms in total. The number of carbonyl (C=O) groups excluding carboxylic acids is 2. The summed E-state index contributed by atoms with van der Waals surface area (Å²) in [5, 5.41) is 21.4. The second kappa shape index (κ2) is 10.1. The van der Waals surface area contributed by atoms with Crippen molar-refractivity contribution < 1.29 is 24.5 Å². The van der Waals surface area contributed by atoms with Gasteiger partial charge in [0, 0.05) is 11.6 Å². The van der Waals surface area contributed by atoms with E-state index < -0.39 is 17.7 Å². The molecule has 0 aromatic heterocycles. The first-order chi connectivity index (χ1) is 16.3. The van der Waals surface area contributed by atoms with Crippen LogP contribution in [0.4, 0.5) is 0 Å². The summed E-state index contributed by atoms with van der Waals surface area (Å²) >= 11 is 6.19. The number of aliphatic hydroxyl groups is 1. The minimum absolute atomic E-state index is 0.0262. The maximum absolute atomic E-state index is 13.3. The van der Waals surface area contributed by atoms with Crippen LogP contribution in [-0.4, -0.2) is 39.5 Å². The van der Waals surface area contributed by atoms with Crippen LogP contribution in [0.3, 0.4) is 0 Å². The van der Waals surface area contributed by atoms with Crippen molar-refractivity contribution in [3.05, 3.63) is 64.2 Å². The van der Waals surface area contributed by atoms with Crippen LogP contribution in [0.1, 0.15) is 63.1 Å². The Kier molecular flexibility index (Phi) is 7.17. The number of hydrogen-bond donors (Lipinski definition) is 2. The number of amides is 1. The topological polar surface area (TPSA) is 87.1 Å². The highest BCUT2D eigenvalue weighted by Gasteiger charge is 2.49. The first kappa shape index (κ1) is 24.1. The Labute approximate surface area is 204 Å². The van der Waals surface area contributed by atoms with E-state index in [-0.39, 0.29) is 28.1 Å². The van der Waals surface area contributed by atoms with Crippen molar-refractivity contribution in [2.45, 2.75) is 58.0 Å². The van der Waals surface area contributed by atoms with Crippen LogP contribution >= 0.6 is 11.6 Å². The van der Waals surface area contributed by atoms with E-state index in [1.54, 1.807) is 41.3 Å². The lowest BCUT2D eigenvalue weighted by Gasteiger charge is -2.35. The molecule has 180 valence electrons. The summed E-state index contributed by atoms with van der Waals surface area (Å²) in [6.45, 7) is 4.60. The van der Waals surface area contributed by atoms with Gasteiger partial charge in [-0.2, -0.15) is 0 Å². The number of hydrogen-bond acceptors (Lipinski definition) is 5. The molecule has 7 heteroatoms. The van der Waals surface area contributed by atoms with Gasteiger partial charge < -0.3 is 19.8 Å². The molecule has 1 heterocycles. The van der Waals surface area contributed by atoms with Gasteiger partial charge in [0.2, 0.25) is 0 Å². The number of nitrogens with zero attached hydrogens (tertiary/aromatic N) is 1. The van der Waals surface area contributed by atoms with E-state index in [9.17, 15) is 19.8 Å². The molecule has 2 aromatic rings. The van der Waals surface area contributed by atoms with Crippen molar-refractivity contribution in [3.8, 4) is 11.5 Å². The molecule has 1 aliphatic carbocycles. The highest BCUT2D eigenvalue weighted by Crippen LogP contribution is 2.44. The Morgan fingerprint density at radius 3 is 2.53 bits per heavy atom. The van der Waals surface area contributed by atoms with Crippen molar-refractivity contribution in [2.24, 2.45) is 5.92 Å². The fourth-order valence-electron chi connectivity index (χ4n) is 4.76. The first-order valence-electron chi connectivity index (χ1n) is 11.8. The SMILES string of the molecule is CC(C)COc1cccc(/C(O)=C2/C(=O)C(=O)N(C3CCCCC3)C2c2ccc(O)c(Cl)c2)c1. The number of likely N-dealkylation sites (tertiary alicyclic amines) is 1. The van der Waals surface area contributed by atoms with Crippen molar-refractivity contribution in [1.82, 2.24) is 4.90 Å². The monoisotopic (exact) mass is 483 g/mol. The molecule has 1 atom stereocenters. The number of benzene rings is 2. The predicted octanol–water partition coefficient (Wildman–Crippen LogP) is 5.83. The summed E-state index contributed by atoms with van der Waals surface area (Å²) in [5.74, 6) is -0.766. The second-order valence-corrected chi connectivity index (χ2v) is 9.85. The third-order valence-corrected chi connectivity index (χ3v) is 6.73. The molecule has 2 fully saturated rings. The third-order valence-electron chi connectivity index (χ3n) is 6.43. The van der Waals surface area contributed by atoms with Crippen molar-refractivity contribution in [2.75, 3.05) is 6.61 Å². The highest BCUT2D eigenvalue weighted by atomic mass is 35.5. The van der Waals surface area contributed by atoms with Gasteiger partial charge in [-0.25, -0.2) is 0 Å². The third kappa shape index (κ3) is 4.78. The van der Waals surface area contributed by atoms with E-state index in [2.05, 4.69) is 0 Å². The zero-order valence-electron chi connectivity index (χ0n) is 19.5. The van der Waals surface area contributed by atoms with Crippen LogP contribution in [-0.2, 0) is 9.59 Å². The number of ether oxygens (including phenoxy) is 1. The summed E-state index contributed by atoms with van der Waals surface area (Å²) in [7, 11) is 0. The molecular formula is C27H30ClNO5. The van der Waals surface area contributed by atoms with E-state index in [0.717, 1.165) is 32.1 Å². The minimum Gasteiger partial charge on any atom is -0.507 e. The maximum Gasteiger partial charge on any atom is 0.295 e. The molecule has 1 aliphatic heterocycles. The van der Waals surface area contributed by atoms with Crippen LogP contribution in [0.15, 0.2) is 48.0 Å². The summed E-state index contributed by atoms with van der Waals surface area (Å²) in [6, 6.07) is 10.6. The van der Waals surface area contributed by atoms with E-state index in [1.165, 1.54) is 6.07 Å². The van der Waals surface area contributed by atoms with Crippen LogP contribution in [0.5, 0.6) is 11.5 Å². The molecular weight excluding hydrogens is 454 g/mol. The number of Topliss-reactive ketones (excluding diaryl/α,β-unsaturated/α-hetero) is 1. The summed E-state index contributed by atoms with van der Waals surface area (Å²) < 4.78 is 5.78.